The second-order valence-corrected chi connectivity index (χ2v) is 8.17. The van der Waals surface area contributed by atoms with E-state index >= 15 is 0 Å². The molecule has 0 bridgehead atoms. The van der Waals surface area contributed by atoms with Gasteiger partial charge >= 0.3 is 0 Å². The van der Waals surface area contributed by atoms with E-state index in [2.05, 4.69) is 34.7 Å². The molecule has 5 rings (SSSR count). The minimum absolute atomic E-state index is 0.00624. The maximum absolute atomic E-state index is 5.72. The summed E-state index contributed by atoms with van der Waals surface area (Å²) in [4.78, 5) is 3.01. The maximum atomic E-state index is 5.72. The fourth-order valence-electron chi connectivity index (χ4n) is 4.48. The fraction of sp³-hybridized carbons (Fsp3) is 0.409. The number of hydrogen-bond acceptors (Lipinski definition) is 6. The number of nitrogens with zero attached hydrogens (tertiary/aromatic N) is 4. The van der Waals surface area contributed by atoms with Crippen LogP contribution in [0, 0.1) is 0 Å². The van der Waals surface area contributed by atoms with E-state index in [0.29, 0.717) is 6.54 Å². The zero-order chi connectivity index (χ0) is 21.2. The Morgan fingerprint density at radius 1 is 1.06 bits per heavy atom. The highest BCUT2D eigenvalue weighted by Crippen LogP contribution is 2.33. The summed E-state index contributed by atoms with van der Waals surface area (Å²) in [5.74, 6) is 3.25. The average Bonchev–Trinajstić information content (AvgIpc) is 3.45. The van der Waals surface area contributed by atoms with E-state index < -0.39 is 0 Å². The second kappa shape index (κ2) is 8.52. The molecule has 0 spiro atoms. The summed E-state index contributed by atoms with van der Waals surface area (Å²) >= 11 is 0. The predicted molar refractivity (Wildman–Crippen MR) is 112 cm³/mol. The van der Waals surface area contributed by atoms with Crippen LogP contribution < -0.4 is 24.0 Å². The van der Waals surface area contributed by atoms with Crippen molar-refractivity contribution in [2.45, 2.75) is 12.6 Å². The second-order valence-electron chi connectivity index (χ2n) is 8.17. The van der Waals surface area contributed by atoms with Gasteiger partial charge in [-0.25, -0.2) is 4.68 Å². The third kappa shape index (κ3) is 3.94. The number of piperazine rings is 1. The molecule has 0 saturated carbocycles. The summed E-state index contributed by atoms with van der Waals surface area (Å²) < 4.78 is 18.6. The van der Waals surface area contributed by atoms with Gasteiger partial charge in [0.1, 0.15) is 31.9 Å². The first-order valence-corrected chi connectivity index (χ1v) is 10.7. The predicted octanol–water partition coefficient (Wildman–Crippen LogP) is -1.04. The molecular weight excluding hydrogens is 396 g/mol. The minimum Gasteiger partial charge on any atom is -0.496 e. The molecule has 0 radical (unpaired) electrons. The quantitative estimate of drug-likeness (QED) is 0.526. The summed E-state index contributed by atoms with van der Waals surface area (Å²) in [6.45, 7) is 5.15. The third-order valence-electron chi connectivity index (χ3n) is 6.19. The lowest BCUT2D eigenvalue weighted by Crippen LogP contribution is -3.27. The van der Waals surface area contributed by atoms with Gasteiger partial charge in [-0.3, -0.25) is 0 Å². The SMILES string of the molecule is COc1ccccc1[C@H](c1nnnn1Cc1ccc2c(c1)OCO2)[NH+]1CC[NH+](C)CC1. The number of hydrogen-bond donors (Lipinski definition) is 2. The average molecular weight is 425 g/mol. The van der Waals surface area contributed by atoms with Gasteiger partial charge in [0.15, 0.2) is 17.5 Å². The van der Waals surface area contributed by atoms with Gasteiger partial charge in [0, 0.05) is 0 Å². The van der Waals surface area contributed by atoms with Crippen LogP contribution in [-0.4, -0.2) is 67.3 Å². The van der Waals surface area contributed by atoms with Gasteiger partial charge in [-0.2, -0.15) is 0 Å². The fourth-order valence-corrected chi connectivity index (χ4v) is 4.48. The molecule has 3 heterocycles. The summed E-state index contributed by atoms with van der Waals surface area (Å²) in [6, 6.07) is 14.1. The third-order valence-corrected chi connectivity index (χ3v) is 6.19. The Labute approximate surface area is 181 Å². The summed E-state index contributed by atoms with van der Waals surface area (Å²) in [5, 5.41) is 12.9. The monoisotopic (exact) mass is 424 g/mol. The highest BCUT2D eigenvalue weighted by Gasteiger charge is 2.36. The van der Waals surface area contributed by atoms with Crippen molar-refractivity contribution in [3.8, 4) is 17.2 Å². The molecule has 1 saturated heterocycles. The van der Waals surface area contributed by atoms with Gasteiger partial charge < -0.3 is 24.0 Å². The molecule has 2 aliphatic heterocycles. The van der Waals surface area contributed by atoms with Crippen molar-refractivity contribution in [3.05, 3.63) is 59.4 Å². The van der Waals surface area contributed by atoms with Gasteiger partial charge in [0.05, 0.1) is 26.3 Å². The molecule has 1 aromatic heterocycles. The number of rotatable bonds is 6. The Balaban J connectivity index is 1.51. The molecule has 9 nitrogen and oxygen atoms in total. The van der Waals surface area contributed by atoms with Crippen molar-refractivity contribution < 1.29 is 24.0 Å². The smallest absolute Gasteiger partial charge is 0.231 e. The number of tetrazole rings is 1. The van der Waals surface area contributed by atoms with E-state index in [-0.39, 0.29) is 12.8 Å². The molecule has 3 aromatic rings. The van der Waals surface area contributed by atoms with Crippen molar-refractivity contribution in [3.63, 3.8) is 0 Å². The Kier molecular flexibility index (Phi) is 5.44. The highest BCUT2D eigenvalue weighted by molar-refractivity contribution is 5.44. The first kappa shape index (κ1) is 19.8. The van der Waals surface area contributed by atoms with E-state index in [1.165, 1.54) is 4.90 Å². The number of aromatic nitrogens is 4. The molecule has 1 fully saturated rings. The topological polar surface area (TPSA) is 80.2 Å². The van der Waals surface area contributed by atoms with Crippen LogP contribution in [-0.2, 0) is 6.54 Å². The Hall–Kier alpha value is -3.17. The molecule has 2 aromatic carbocycles. The number of fused-ring (bicyclic) bond motifs is 1. The number of methoxy groups -OCH3 is 1. The van der Waals surface area contributed by atoms with E-state index in [1.54, 1.807) is 12.0 Å². The van der Waals surface area contributed by atoms with Gasteiger partial charge in [0.2, 0.25) is 12.6 Å². The van der Waals surface area contributed by atoms with E-state index in [0.717, 1.165) is 60.4 Å². The standard InChI is InChI=1S/C22H26N6O3/c1-26-9-11-27(12-10-26)21(17-5-3-4-6-18(17)29-2)22-23-24-25-28(22)14-16-7-8-19-20(13-16)31-15-30-19/h3-8,13,21H,9-12,14-15H2,1-2H3/p+2/t21-/m1/s1. The molecule has 9 heteroatoms. The van der Waals surface area contributed by atoms with Crippen LogP contribution in [0.1, 0.15) is 23.0 Å². The van der Waals surface area contributed by atoms with Gasteiger partial charge in [-0.1, -0.05) is 18.2 Å². The molecular formula is C22H28N6O3+2. The van der Waals surface area contributed by atoms with Crippen LogP contribution in [0.15, 0.2) is 42.5 Å². The number of para-hydroxylation sites is 1. The Morgan fingerprint density at radius 3 is 2.71 bits per heavy atom. The maximum Gasteiger partial charge on any atom is 0.231 e. The zero-order valence-corrected chi connectivity index (χ0v) is 17.9. The Bertz CT molecular complexity index is 1050. The van der Waals surface area contributed by atoms with Crippen molar-refractivity contribution in [1.82, 2.24) is 20.2 Å². The summed E-state index contributed by atoms with van der Waals surface area (Å²) in [6.07, 6.45) is 0. The van der Waals surface area contributed by atoms with Crippen LogP contribution in [0.3, 0.4) is 0 Å². The highest BCUT2D eigenvalue weighted by atomic mass is 16.7. The molecule has 2 N–H and O–H groups in total. The molecule has 0 amide bonds. The first-order chi connectivity index (χ1) is 15.2. The van der Waals surface area contributed by atoms with Crippen molar-refractivity contribution in [1.29, 1.82) is 0 Å². The molecule has 1 atom stereocenters. The van der Waals surface area contributed by atoms with Crippen LogP contribution >= 0.6 is 0 Å². The van der Waals surface area contributed by atoms with Crippen molar-refractivity contribution >= 4 is 0 Å². The molecule has 162 valence electrons. The summed E-state index contributed by atoms with van der Waals surface area (Å²) in [5.41, 5.74) is 2.18. The zero-order valence-electron chi connectivity index (χ0n) is 17.9. The number of nitrogens with one attached hydrogen (secondary N) is 2. The van der Waals surface area contributed by atoms with Gasteiger partial charge in [-0.05, 0) is 40.3 Å². The molecule has 31 heavy (non-hydrogen) atoms. The first-order valence-electron chi connectivity index (χ1n) is 10.7. The lowest BCUT2D eigenvalue weighted by molar-refractivity contribution is -1.02. The molecule has 0 aliphatic carbocycles. The number of benzene rings is 2. The Morgan fingerprint density at radius 2 is 1.87 bits per heavy atom. The van der Waals surface area contributed by atoms with Gasteiger partial charge in [0.25, 0.3) is 0 Å². The van der Waals surface area contributed by atoms with E-state index in [9.17, 15) is 0 Å². The largest absolute Gasteiger partial charge is 0.496 e. The minimum atomic E-state index is -0.00624. The van der Waals surface area contributed by atoms with Crippen LogP contribution in [0.4, 0.5) is 0 Å². The normalized spacial score (nSPS) is 21.1. The van der Waals surface area contributed by atoms with Crippen molar-refractivity contribution in [2.75, 3.05) is 47.1 Å². The van der Waals surface area contributed by atoms with E-state index in [1.807, 2.05) is 35.0 Å². The lowest BCUT2D eigenvalue weighted by atomic mass is 10.0. The van der Waals surface area contributed by atoms with Crippen molar-refractivity contribution in [2.24, 2.45) is 0 Å². The summed E-state index contributed by atoms with van der Waals surface area (Å²) in [7, 11) is 3.97. The molecule has 0 unspecified atom stereocenters. The number of likely N-dealkylation sites (N-methyl/N-ethyl adjacent to an activating group) is 1. The van der Waals surface area contributed by atoms with E-state index in [4.69, 9.17) is 14.2 Å². The molecule has 2 aliphatic rings. The number of quaternary nitrogens is 2. The van der Waals surface area contributed by atoms with Gasteiger partial charge in [-0.15, -0.1) is 5.10 Å². The van der Waals surface area contributed by atoms with Crippen LogP contribution in [0.5, 0.6) is 17.2 Å². The lowest BCUT2D eigenvalue weighted by Gasteiger charge is -2.33. The van der Waals surface area contributed by atoms with Crippen LogP contribution in [0.2, 0.25) is 0 Å². The van der Waals surface area contributed by atoms with Crippen LogP contribution in [0.25, 0.3) is 0 Å². The number of ether oxygens (including phenoxy) is 3.